The van der Waals surface area contributed by atoms with Gasteiger partial charge in [-0.15, -0.1) is 0 Å². The monoisotopic (exact) mass is 320 g/mol. The molecule has 122 valence electrons. The van der Waals surface area contributed by atoms with Crippen molar-refractivity contribution in [3.05, 3.63) is 54.0 Å². The molecule has 0 saturated heterocycles. The quantitative estimate of drug-likeness (QED) is 0.781. The molecule has 2 aliphatic carbocycles. The molecule has 4 nitrogen and oxygen atoms in total. The fourth-order valence-corrected chi connectivity index (χ4v) is 3.44. The number of para-hydroxylation sites is 1. The van der Waals surface area contributed by atoms with Crippen LogP contribution in [0.1, 0.15) is 43.1 Å². The highest BCUT2D eigenvalue weighted by atomic mass is 16.3. The largest absolute Gasteiger partial charge is 0.465 e. The summed E-state index contributed by atoms with van der Waals surface area (Å²) in [6.45, 7) is 2.31. The van der Waals surface area contributed by atoms with E-state index in [1.165, 1.54) is 6.42 Å². The normalized spacial score (nSPS) is 27.3. The molecular formula is C20H20N2O2. The Morgan fingerprint density at radius 2 is 1.83 bits per heavy atom. The smallest absolute Gasteiger partial charge is 0.231 e. The van der Waals surface area contributed by atoms with E-state index < -0.39 is 0 Å². The number of nitriles is 1. The van der Waals surface area contributed by atoms with Gasteiger partial charge < -0.3 is 4.42 Å². The molecule has 2 aromatic rings. The zero-order valence-electron chi connectivity index (χ0n) is 13.7. The fourth-order valence-electron chi connectivity index (χ4n) is 3.44. The minimum atomic E-state index is -0.0748. The molecule has 2 aliphatic rings. The molecule has 4 rings (SSSR count). The SMILES string of the molecule is C[C@@H]1C[C@@H]1c1ccc([C@@H]2C[C@@H]2C(=O)N(CC#N)c2ccccc2)o1. The molecule has 1 heterocycles. The van der Waals surface area contributed by atoms with Gasteiger partial charge in [0, 0.05) is 23.4 Å². The van der Waals surface area contributed by atoms with Crippen LogP contribution < -0.4 is 4.90 Å². The predicted molar refractivity (Wildman–Crippen MR) is 90.5 cm³/mol. The van der Waals surface area contributed by atoms with Crippen molar-refractivity contribution >= 4 is 11.6 Å². The van der Waals surface area contributed by atoms with E-state index in [4.69, 9.17) is 9.68 Å². The number of rotatable bonds is 5. The molecule has 0 radical (unpaired) electrons. The van der Waals surface area contributed by atoms with E-state index in [2.05, 4.69) is 19.1 Å². The van der Waals surface area contributed by atoms with E-state index in [1.807, 2.05) is 36.4 Å². The van der Waals surface area contributed by atoms with Crippen LogP contribution in [-0.2, 0) is 4.79 Å². The van der Waals surface area contributed by atoms with Crippen LogP contribution in [0, 0.1) is 23.2 Å². The van der Waals surface area contributed by atoms with Crippen LogP contribution in [0.15, 0.2) is 46.9 Å². The first-order chi connectivity index (χ1) is 11.7. The summed E-state index contributed by atoms with van der Waals surface area (Å²) < 4.78 is 5.99. The van der Waals surface area contributed by atoms with Crippen molar-refractivity contribution in [1.82, 2.24) is 0 Å². The average Bonchev–Trinajstić information content (AvgIpc) is 3.51. The van der Waals surface area contributed by atoms with Crippen LogP contribution in [0.3, 0.4) is 0 Å². The lowest BCUT2D eigenvalue weighted by Crippen LogP contribution is -2.32. The van der Waals surface area contributed by atoms with Gasteiger partial charge >= 0.3 is 0 Å². The predicted octanol–water partition coefficient (Wildman–Crippen LogP) is 4.06. The number of hydrogen-bond acceptors (Lipinski definition) is 3. The van der Waals surface area contributed by atoms with Crippen molar-refractivity contribution in [2.45, 2.75) is 31.6 Å². The van der Waals surface area contributed by atoms with Crippen LogP contribution >= 0.6 is 0 Å². The molecular weight excluding hydrogens is 300 g/mol. The third-order valence-corrected chi connectivity index (χ3v) is 5.16. The first kappa shape index (κ1) is 15.0. The van der Waals surface area contributed by atoms with Gasteiger partial charge in [0.25, 0.3) is 0 Å². The van der Waals surface area contributed by atoms with E-state index in [9.17, 15) is 4.79 Å². The number of carbonyl (C=O) groups is 1. The summed E-state index contributed by atoms with van der Waals surface area (Å²) in [7, 11) is 0. The van der Waals surface area contributed by atoms with Gasteiger partial charge in [-0.3, -0.25) is 9.69 Å². The Morgan fingerprint density at radius 1 is 1.17 bits per heavy atom. The van der Waals surface area contributed by atoms with Gasteiger partial charge in [0.2, 0.25) is 5.91 Å². The Balaban J connectivity index is 1.47. The Morgan fingerprint density at radius 3 is 2.46 bits per heavy atom. The van der Waals surface area contributed by atoms with Crippen LogP contribution in [-0.4, -0.2) is 12.5 Å². The van der Waals surface area contributed by atoms with Gasteiger partial charge in [0.15, 0.2) is 0 Å². The summed E-state index contributed by atoms with van der Waals surface area (Å²) >= 11 is 0. The molecule has 0 aliphatic heterocycles. The number of furan rings is 1. The minimum Gasteiger partial charge on any atom is -0.465 e. The third-order valence-electron chi connectivity index (χ3n) is 5.16. The van der Waals surface area contributed by atoms with Gasteiger partial charge in [-0.1, -0.05) is 25.1 Å². The standard InChI is InChI=1S/C20H20N2O2/c1-13-11-15(13)18-7-8-19(24-18)16-12-17(16)20(23)22(10-9-21)14-5-3-2-4-6-14/h2-8,13,15-17H,10-12H2,1H3/t13-,15+,16-,17+/m1/s1. The number of hydrogen-bond donors (Lipinski definition) is 0. The number of carbonyl (C=O) groups excluding carboxylic acids is 1. The number of amides is 1. The molecule has 1 aromatic heterocycles. The molecule has 2 saturated carbocycles. The second kappa shape index (κ2) is 5.83. The van der Waals surface area contributed by atoms with Crippen molar-refractivity contribution in [2.75, 3.05) is 11.4 Å². The molecule has 0 spiro atoms. The summed E-state index contributed by atoms with van der Waals surface area (Å²) in [5.74, 6) is 3.36. The zero-order valence-corrected chi connectivity index (χ0v) is 13.7. The van der Waals surface area contributed by atoms with E-state index in [0.717, 1.165) is 23.6 Å². The molecule has 4 atom stereocenters. The Hall–Kier alpha value is -2.54. The fraction of sp³-hybridized carbons (Fsp3) is 0.400. The van der Waals surface area contributed by atoms with E-state index >= 15 is 0 Å². The van der Waals surface area contributed by atoms with Gasteiger partial charge in [-0.25, -0.2) is 0 Å². The van der Waals surface area contributed by atoms with Gasteiger partial charge in [0.05, 0.1) is 6.07 Å². The molecule has 0 bridgehead atoms. The minimum absolute atomic E-state index is 0.0190. The molecule has 1 aromatic carbocycles. The van der Waals surface area contributed by atoms with Crippen LogP contribution in [0.5, 0.6) is 0 Å². The first-order valence-corrected chi connectivity index (χ1v) is 8.52. The van der Waals surface area contributed by atoms with Crippen molar-refractivity contribution < 1.29 is 9.21 Å². The summed E-state index contributed by atoms with van der Waals surface area (Å²) in [4.78, 5) is 14.4. The van der Waals surface area contributed by atoms with E-state index in [1.54, 1.807) is 4.90 Å². The average molecular weight is 320 g/mol. The highest BCUT2D eigenvalue weighted by molar-refractivity contribution is 5.97. The van der Waals surface area contributed by atoms with E-state index in [-0.39, 0.29) is 24.3 Å². The van der Waals surface area contributed by atoms with Gasteiger partial charge in [0.1, 0.15) is 18.1 Å². The van der Waals surface area contributed by atoms with Crippen molar-refractivity contribution in [3.8, 4) is 6.07 Å². The molecule has 2 fully saturated rings. The lowest BCUT2D eigenvalue weighted by molar-refractivity contribution is -0.119. The lowest BCUT2D eigenvalue weighted by Gasteiger charge is -2.19. The molecule has 0 unspecified atom stereocenters. The maximum Gasteiger partial charge on any atom is 0.231 e. The highest BCUT2D eigenvalue weighted by Crippen LogP contribution is 2.52. The van der Waals surface area contributed by atoms with Gasteiger partial charge in [-0.05, 0) is 43.0 Å². The topological polar surface area (TPSA) is 57.2 Å². The van der Waals surface area contributed by atoms with Gasteiger partial charge in [-0.2, -0.15) is 5.26 Å². The molecule has 4 heteroatoms. The van der Waals surface area contributed by atoms with Crippen LogP contribution in [0.25, 0.3) is 0 Å². The Labute approximate surface area is 141 Å². The Kier molecular flexibility index (Phi) is 3.65. The Bertz CT molecular complexity index is 789. The maximum absolute atomic E-state index is 12.8. The van der Waals surface area contributed by atoms with Crippen LogP contribution in [0.2, 0.25) is 0 Å². The van der Waals surface area contributed by atoms with Crippen molar-refractivity contribution in [3.63, 3.8) is 0 Å². The van der Waals surface area contributed by atoms with Crippen molar-refractivity contribution in [2.24, 2.45) is 11.8 Å². The maximum atomic E-state index is 12.8. The zero-order chi connectivity index (χ0) is 16.7. The third kappa shape index (κ3) is 2.71. The summed E-state index contributed by atoms with van der Waals surface area (Å²) in [5, 5.41) is 9.07. The second-order valence-electron chi connectivity index (χ2n) is 6.93. The highest BCUT2D eigenvalue weighted by Gasteiger charge is 2.48. The first-order valence-electron chi connectivity index (χ1n) is 8.52. The lowest BCUT2D eigenvalue weighted by atomic mass is 10.2. The number of anilines is 1. The summed E-state index contributed by atoms with van der Waals surface area (Å²) in [6, 6.07) is 15.6. The number of benzene rings is 1. The molecule has 1 amide bonds. The second-order valence-corrected chi connectivity index (χ2v) is 6.93. The van der Waals surface area contributed by atoms with E-state index in [0.29, 0.717) is 11.8 Å². The van der Waals surface area contributed by atoms with Crippen LogP contribution in [0.4, 0.5) is 5.69 Å². The summed E-state index contributed by atoms with van der Waals surface area (Å²) in [6.07, 6.45) is 2.00. The molecule has 24 heavy (non-hydrogen) atoms. The molecule has 0 N–H and O–H groups in total. The van der Waals surface area contributed by atoms with Crippen molar-refractivity contribution in [1.29, 1.82) is 5.26 Å². The number of nitrogens with zero attached hydrogens (tertiary/aromatic N) is 2. The summed E-state index contributed by atoms with van der Waals surface area (Å²) in [5.41, 5.74) is 0.779.